The lowest BCUT2D eigenvalue weighted by atomic mass is 9.98. The third kappa shape index (κ3) is 3.52. The van der Waals surface area contributed by atoms with Crippen molar-refractivity contribution in [2.45, 2.75) is 19.4 Å². The standard InChI is InChI=1S/C13H14BrN3O2/c14-12-2-1-11(13(7-12)17(18)19)9-16-5-3-10(8-15)4-6-16/h1-2,7,10H,3-6,9H2. The number of benzene rings is 1. The van der Waals surface area contributed by atoms with Crippen LogP contribution in [0.15, 0.2) is 22.7 Å². The van der Waals surface area contributed by atoms with E-state index >= 15 is 0 Å². The fourth-order valence-corrected chi connectivity index (χ4v) is 2.65. The minimum absolute atomic E-state index is 0.135. The summed E-state index contributed by atoms with van der Waals surface area (Å²) in [4.78, 5) is 12.9. The first-order chi connectivity index (χ1) is 9.10. The van der Waals surface area contributed by atoms with Crippen LogP contribution in [0.3, 0.4) is 0 Å². The molecule has 0 bridgehead atoms. The van der Waals surface area contributed by atoms with Crippen molar-refractivity contribution in [2.24, 2.45) is 5.92 Å². The Morgan fingerprint density at radius 2 is 2.16 bits per heavy atom. The van der Waals surface area contributed by atoms with Crippen LogP contribution in [-0.4, -0.2) is 22.9 Å². The van der Waals surface area contributed by atoms with Crippen molar-refractivity contribution in [2.75, 3.05) is 13.1 Å². The molecule has 1 aliphatic rings. The van der Waals surface area contributed by atoms with Crippen molar-refractivity contribution in [3.63, 3.8) is 0 Å². The van der Waals surface area contributed by atoms with Gasteiger partial charge in [-0.1, -0.05) is 15.9 Å². The van der Waals surface area contributed by atoms with Crippen molar-refractivity contribution >= 4 is 21.6 Å². The van der Waals surface area contributed by atoms with Crippen LogP contribution < -0.4 is 0 Å². The van der Waals surface area contributed by atoms with Crippen LogP contribution in [0.2, 0.25) is 0 Å². The molecule has 1 aromatic rings. The Morgan fingerprint density at radius 3 is 2.74 bits per heavy atom. The van der Waals surface area contributed by atoms with Gasteiger partial charge >= 0.3 is 0 Å². The van der Waals surface area contributed by atoms with Gasteiger partial charge in [0.05, 0.1) is 11.0 Å². The molecule has 100 valence electrons. The van der Waals surface area contributed by atoms with E-state index in [2.05, 4.69) is 26.9 Å². The Morgan fingerprint density at radius 1 is 1.47 bits per heavy atom. The maximum Gasteiger partial charge on any atom is 0.275 e. The molecule has 0 N–H and O–H groups in total. The van der Waals surface area contributed by atoms with Crippen molar-refractivity contribution in [3.05, 3.63) is 38.3 Å². The first-order valence-corrected chi connectivity index (χ1v) is 6.94. The smallest absolute Gasteiger partial charge is 0.275 e. The average molecular weight is 324 g/mol. The lowest BCUT2D eigenvalue weighted by Crippen LogP contribution is -2.32. The molecule has 5 nitrogen and oxygen atoms in total. The summed E-state index contributed by atoms with van der Waals surface area (Å²) in [7, 11) is 0. The molecular weight excluding hydrogens is 310 g/mol. The van der Waals surface area contributed by atoms with Crippen LogP contribution >= 0.6 is 15.9 Å². The van der Waals surface area contributed by atoms with E-state index in [9.17, 15) is 10.1 Å². The van der Waals surface area contributed by atoms with Crippen LogP contribution in [0.5, 0.6) is 0 Å². The van der Waals surface area contributed by atoms with Crippen molar-refractivity contribution < 1.29 is 4.92 Å². The van der Waals surface area contributed by atoms with Crippen LogP contribution in [0.1, 0.15) is 18.4 Å². The summed E-state index contributed by atoms with van der Waals surface area (Å²) in [6.45, 7) is 2.22. The molecule has 19 heavy (non-hydrogen) atoms. The first-order valence-electron chi connectivity index (χ1n) is 6.15. The molecule has 1 aliphatic heterocycles. The molecule has 0 saturated carbocycles. The number of halogens is 1. The summed E-state index contributed by atoms with van der Waals surface area (Å²) >= 11 is 3.25. The topological polar surface area (TPSA) is 70.2 Å². The van der Waals surface area contributed by atoms with E-state index in [4.69, 9.17) is 5.26 Å². The van der Waals surface area contributed by atoms with E-state index in [1.165, 1.54) is 6.07 Å². The fraction of sp³-hybridized carbons (Fsp3) is 0.462. The number of nitro groups is 1. The van der Waals surface area contributed by atoms with Gasteiger partial charge in [-0.15, -0.1) is 0 Å². The molecule has 0 aliphatic carbocycles. The van der Waals surface area contributed by atoms with Gasteiger partial charge in [-0.05, 0) is 38.1 Å². The highest BCUT2D eigenvalue weighted by Crippen LogP contribution is 2.26. The molecule has 0 aromatic heterocycles. The van der Waals surface area contributed by atoms with Crippen molar-refractivity contribution in [1.29, 1.82) is 5.26 Å². The summed E-state index contributed by atoms with van der Waals surface area (Å²) in [5.41, 5.74) is 0.875. The van der Waals surface area contributed by atoms with Crippen LogP contribution in [0.4, 0.5) is 5.69 Å². The largest absolute Gasteiger partial charge is 0.299 e. The Bertz CT molecular complexity index is 519. The highest BCUT2D eigenvalue weighted by Gasteiger charge is 2.22. The van der Waals surface area contributed by atoms with Gasteiger partial charge in [0.1, 0.15) is 0 Å². The second-order valence-corrected chi connectivity index (χ2v) is 5.63. The monoisotopic (exact) mass is 323 g/mol. The quantitative estimate of drug-likeness (QED) is 0.633. The van der Waals surface area contributed by atoms with E-state index < -0.39 is 0 Å². The van der Waals surface area contributed by atoms with Gasteiger partial charge in [-0.3, -0.25) is 15.0 Å². The number of nitrogens with zero attached hydrogens (tertiary/aromatic N) is 3. The van der Waals surface area contributed by atoms with E-state index in [1.807, 2.05) is 6.07 Å². The number of hydrogen-bond acceptors (Lipinski definition) is 4. The lowest BCUT2D eigenvalue weighted by molar-refractivity contribution is -0.385. The predicted octanol–water partition coefficient (Wildman–Crippen LogP) is 3.09. The lowest BCUT2D eigenvalue weighted by Gasteiger charge is -2.28. The zero-order chi connectivity index (χ0) is 13.8. The molecule has 1 heterocycles. The summed E-state index contributed by atoms with van der Waals surface area (Å²) in [5.74, 6) is 0.135. The summed E-state index contributed by atoms with van der Waals surface area (Å²) in [6, 6.07) is 7.44. The maximum atomic E-state index is 11.0. The summed E-state index contributed by atoms with van der Waals surface area (Å²) in [6.07, 6.45) is 1.70. The summed E-state index contributed by atoms with van der Waals surface area (Å²) < 4.78 is 0.714. The van der Waals surface area contributed by atoms with Crippen LogP contribution in [0.25, 0.3) is 0 Å². The Kier molecular flexibility index (Phi) is 4.51. The molecule has 1 saturated heterocycles. The SMILES string of the molecule is N#CC1CCN(Cc2ccc(Br)cc2[N+](=O)[O-])CC1. The second kappa shape index (κ2) is 6.13. The number of nitro benzene ring substituents is 1. The Hall–Kier alpha value is -1.45. The predicted molar refractivity (Wildman–Crippen MR) is 74.4 cm³/mol. The fourth-order valence-electron chi connectivity index (χ4n) is 2.30. The van der Waals surface area contributed by atoms with E-state index in [1.54, 1.807) is 6.07 Å². The second-order valence-electron chi connectivity index (χ2n) is 4.71. The molecule has 0 spiro atoms. The Labute approximate surface area is 120 Å². The normalized spacial score (nSPS) is 17.1. The van der Waals surface area contributed by atoms with Crippen LogP contribution in [0, 0.1) is 27.4 Å². The van der Waals surface area contributed by atoms with Gasteiger partial charge in [0.2, 0.25) is 0 Å². The molecular formula is C13H14BrN3O2. The molecule has 0 amide bonds. The first kappa shape index (κ1) is 14.0. The van der Waals surface area contributed by atoms with E-state index in [0.29, 0.717) is 11.0 Å². The van der Waals surface area contributed by atoms with Gasteiger partial charge < -0.3 is 0 Å². The number of likely N-dealkylation sites (tertiary alicyclic amines) is 1. The molecule has 1 fully saturated rings. The molecule has 1 aromatic carbocycles. The van der Waals surface area contributed by atoms with E-state index in [-0.39, 0.29) is 16.5 Å². The number of hydrogen-bond donors (Lipinski definition) is 0. The van der Waals surface area contributed by atoms with Crippen molar-refractivity contribution in [3.8, 4) is 6.07 Å². The minimum atomic E-state index is -0.345. The highest BCUT2D eigenvalue weighted by molar-refractivity contribution is 9.10. The van der Waals surface area contributed by atoms with E-state index in [0.717, 1.165) is 31.5 Å². The number of rotatable bonds is 3. The Balaban J connectivity index is 2.08. The zero-order valence-corrected chi connectivity index (χ0v) is 12.0. The molecule has 2 rings (SSSR count). The van der Waals surface area contributed by atoms with Crippen LogP contribution in [-0.2, 0) is 6.54 Å². The molecule has 0 atom stereocenters. The zero-order valence-electron chi connectivity index (χ0n) is 10.4. The number of nitriles is 1. The van der Waals surface area contributed by atoms with Gasteiger partial charge in [0.25, 0.3) is 5.69 Å². The van der Waals surface area contributed by atoms with Gasteiger partial charge in [0, 0.05) is 28.6 Å². The van der Waals surface area contributed by atoms with Gasteiger partial charge in [0.15, 0.2) is 0 Å². The minimum Gasteiger partial charge on any atom is -0.299 e. The summed E-state index contributed by atoms with van der Waals surface area (Å²) in [5, 5.41) is 19.9. The molecule has 0 unspecified atom stereocenters. The molecule has 6 heteroatoms. The highest BCUT2D eigenvalue weighted by atomic mass is 79.9. The maximum absolute atomic E-state index is 11.0. The average Bonchev–Trinajstić information content (AvgIpc) is 2.41. The van der Waals surface area contributed by atoms with Gasteiger partial charge in [-0.25, -0.2) is 0 Å². The third-order valence-corrected chi connectivity index (χ3v) is 3.90. The van der Waals surface area contributed by atoms with Crippen molar-refractivity contribution in [1.82, 2.24) is 4.90 Å². The number of piperidine rings is 1. The van der Waals surface area contributed by atoms with Gasteiger partial charge in [-0.2, -0.15) is 5.26 Å². The third-order valence-electron chi connectivity index (χ3n) is 3.41. The molecule has 0 radical (unpaired) electrons.